The molecule has 1 aromatic rings. The summed E-state index contributed by atoms with van der Waals surface area (Å²) < 4.78 is 28.3. The van der Waals surface area contributed by atoms with Crippen LogP contribution in [0.4, 0.5) is 0 Å². The Morgan fingerprint density at radius 2 is 1.89 bits per heavy atom. The number of sulfonamides is 1. The van der Waals surface area contributed by atoms with Crippen molar-refractivity contribution in [2.75, 3.05) is 13.1 Å². The number of hydrogen-bond acceptors (Lipinski definition) is 3. The van der Waals surface area contributed by atoms with E-state index in [9.17, 15) is 8.42 Å². The molecule has 1 aromatic heterocycles. The SMILES string of the molecule is Cc1nc(S(=O)(=O)N2CC3CCCC3C2)cn1C. The van der Waals surface area contributed by atoms with Gasteiger partial charge < -0.3 is 4.57 Å². The molecule has 2 atom stereocenters. The minimum absolute atomic E-state index is 0.197. The summed E-state index contributed by atoms with van der Waals surface area (Å²) in [6.07, 6.45) is 5.22. The molecule has 1 aliphatic carbocycles. The summed E-state index contributed by atoms with van der Waals surface area (Å²) >= 11 is 0. The lowest BCUT2D eigenvalue weighted by atomic mass is 10.0. The zero-order valence-electron chi connectivity index (χ0n) is 10.8. The van der Waals surface area contributed by atoms with Gasteiger partial charge in [0.15, 0.2) is 5.03 Å². The van der Waals surface area contributed by atoms with Crippen molar-refractivity contribution in [1.29, 1.82) is 0 Å². The lowest BCUT2D eigenvalue weighted by Crippen LogP contribution is -2.30. The Hall–Kier alpha value is -0.880. The number of rotatable bonds is 2. The van der Waals surface area contributed by atoms with Crippen LogP contribution in [0.5, 0.6) is 0 Å². The van der Waals surface area contributed by atoms with Crippen LogP contribution >= 0.6 is 0 Å². The van der Waals surface area contributed by atoms with Crippen LogP contribution in [-0.2, 0) is 17.1 Å². The standard InChI is InChI=1S/C12H19N3O2S/c1-9-13-12(8-14(9)2)18(16,17)15-6-10-4-3-5-11(10)7-15/h8,10-11H,3-7H2,1-2H3. The fraction of sp³-hybridized carbons (Fsp3) is 0.750. The van der Waals surface area contributed by atoms with Gasteiger partial charge in [0, 0.05) is 26.3 Å². The molecule has 0 bridgehead atoms. The smallest absolute Gasteiger partial charge is 0.262 e. The van der Waals surface area contributed by atoms with E-state index < -0.39 is 10.0 Å². The van der Waals surface area contributed by atoms with Crippen molar-refractivity contribution in [2.24, 2.45) is 18.9 Å². The van der Waals surface area contributed by atoms with Gasteiger partial charge in [-0.1, -0.05) is 6.42 Å². The van der Waals surface area contributed by atoms with Crippen molar-refractivity contribution in [1.82, 2.24) is 13.9 Å². The van der Waals surface area contributed by atoms with Crippen molar-refractivity contribution in [2.45, 2.75) is 31.2 Å². The van der Waals surface area contributed by atoms with E-state index in [4.69, 9.17) is 0 Å². The molecule has 2 heterocycles. The summed E-state index contributed by atoms with van der Waals surface area (Å²) in [5, 5.41) is 0.197. The third-order valence-electron chi connectivity index (χ3n) is 4.38. The highest BCUT2D eigenvalue weighted by atomic mass is 32.2. The largest absolute Gasteiger partial charge is 0.337 e. The first-order valence-corrected chi connectivity index (χ1v) is 7.92. The van der Waals surface area contributed by atoms with Crippen molar-refractivity contribution < 1.29 is 8.42 Å². The number of aromatic nitrogens is 2. The zero-order valence-corrected chi connectivity index (χ0v) is 11.7. The van der Waals surface area contributed by atoms with Gasteiger partial charge in [0.05, 0.1) is 0 Å². The Kier molecular flexibility index (Phi) is 2.75. The number of hydrogen-bond donors (Lipinski definition) is 0. The number of nitrogens with zero attached hydrogens (tertiary/aromatic N) is 3. The molecule has 1 saturated heterocycles. The molecule has 5 nitrogen and oxygen atoms in total. The number of imidazole rings is 1. The fourth-order valence-corrected chi connectivity index (χ4v) is 4.75. The van der Waals surface area contributed by atoms with E-state index >= 15 is 0 Å². The van der Waals surface area contributed by atoms with Gasteiger partial charge in [-0.3, -0.25) is 0 Å². The molecule has 0 aromatic carbocycles. The van der Waals surface area contributed by atoms with Gasteiger partial charge in [0.25, 0.3) is 10.0 Å². The second-order valence-corrected chi connectivity index (χ2v) is 7.40. The molecule has 100 valence electrons. The van der Waals surface area contributed by atoms with Gasteiger partial charge in [-0.2, -0.15) is 4.31 Å². The molecule has 2 aliphatic rings. The lowest BCUT2D eigenvalue weighted by molar-refractivity contribution is 0.443. The van der Waals surface area contributed by atoms with E-state index in [2.05, 4.69) is 4.98 Å². The van der Waals surface area contributed by atoms with Crippen LogP contribution in [0, 0.1) is 18.8 Å². The Bertz CT molecular complexity index is 532. The predicted octanol–water partition coefficient (Wildman–Crippen LogP) is 1.15. The second kappa shape index (κ2) is 4.06. The van der Waals surface area contributed by atoms with Crippen LogP contribution in [0.15, 0.2) is 11.2 Å². The summed E-state index contributed by atoms with van der Waals surface area (Å²) in [6, 6.07) is 0. The van der Waals surface area contributed by atoms with Crippen LogP contribution < -0.4 is 0 Å². The minimum atomic E-state index is -3.38. The van der Waals surface area contributed by atoms with Crippen molar-refractivity contribution >= 4 is 10.0 Å². The first-order valence-electron chi connectivity index (χ1n) is 6.48. The number of fused-ring (bicyclic) bond motifs is 1. The fourth-order valence-electron chi connectivity index (χ4n) is 3.17. The van der Waals surface area contributed by atoms with E-state index in [0.29, 0.717) is 24.9 Å². The van der Waals surface area contributed by atoms with E-state index in [1.54, 1.807) is 15.1 Å². The lowest BCUT2D eigenvalue weighted by Gasteiger charge is -2.15. The van der Waals surface area contributed by atoms with Gasteiger partial charge in [-0.25, -0.2) is 13.4 Å². The molecule has 2 fully saturated rings. The van der Waals surface area contributed by atoms with Crippen molar-refractivity contribution in [3.63, 3.8) is 0 Å². The second-order valence-electron chi connectivity index (χ2n) is 5.51. The molecule has 1 saturated carbocycles. The van der Waals surface area contributed by atoms with Crippen molar-refractivity contribution in [3.8, 4) is 0 Å². The van der Waals surface area contributed by atoms with E-state index in [1.165, 1.54) is 19.3 Å². The average molecular weight is 269 g/mol. The van der Waals surface area contributed by atoms with Crippen molar-refractivity contribution in [3.05, 3.63) is 12.0 Å². The van der Waals surface area contributed by atoms with Crippen LogP contribution in [0.2, 0.25) is 0 Å². The molecule has 3 rings (SSSR count). The van der Waals surface area contributed by atoms with Gasteiger partial charge >= 0.3 is 0 Å². The first kappa shape index (κ1) is 12.2. The quantitative estimate of drug-likeness (QED) is 0.809. The third kappa shape index (κ3) is 1.78. The molecular weight excluding hydrogens is 250 g/mol. The maximum Gasteiger partial charge on any atom is 0.262 e. The molecule has 18 heavy (non-hydrogen) atoms. The van der Waals surface area contributed by atoms with Crippen LogP contribution in [0.25, 0.3) is 0 Å². The Labute approximate surface area is 108 Å². The molecule has 0 radical (unpaired) electrons. The highest BCUT2D eigenvalue weighted by molar-refractivity contribution is 7.89. The van der Waals surface area contributed by atoms with Crippen LogP contribution in [0.3, 0.4) is 0 Å². The molecule has 2 unspecified atom stereocenters. The van der Waals surface area contributed by atoms with Gasteiger partial charge in [0.2, 0.25) is 0 Å². The normalized spacial score (nSPS) is 28.8. The van der Waals surface area contributed by atoms with E-state index in [1.807, 2.05) is 14.0 Å². The van der Waals surface area contributed by atoms with E-state index in [-0.39, 0.29) is 5.03 Å². The molecular formula is C12H19N3O2S. The molecule has 0 amide bonds. The summed E-state index contributed by atoms with van der Waals surface area (Å²) in [5.74, 6) is 1.88. The molecule has 1 aliphatic heterocycles. The van der Waals surface area contributed by atoms with E-state index in [0.717, 1.165) is 5.82 Å². The molecule has 6 heteroatoms. The monoisotopic (exact) mass is 269 g/mol. The Morgan fingerprint density at radius 1 is 1.28 bits per heavy atom. The highest BCUT2D eigenvalue weighted by Crippen LogP contribution is 2.39. The maximum atomic E-state index is 12.5. The summed E-state index contributed by atoms with van der Waals surface area (Å²) in [6.45, 7) is 3.18. The Morgan fingerprint density at radius 3 is 2.39 bits per heavy atom. The minimum Gasteiger partial charge on any atom is -0.337 e. The predicted molar refractivity (Wildman–Crippen MR) is 67.5 cm³/mol. The summed E-state index contributed by atoms with van der Waals surface area (Å²) in [4.78, 5) is 4.15. The zero-order chi connectivity index (χ0) is 12.9. The molecule has 0 spiro atoms. The maximum absolute atomic E-state index is 12.5. The van der Waals surface area contributed by atoms with Gasteiger partial charge in [-0.05, 0) is 31.6 Å². The highest BCUT2D eigenvalue weighted by Gasteiger charge is 2.42. The van der Waals surface area contributed by atoms with Crippen LogP contribution in [0.1, 0.15) is 25.1 Å². The van der Waals surface area contributed by atoms with Crippen LogP contribution in [-0.4, -0.2) is 35.4 Å². The first-order chi connectivity index (χ1) is 8.48. The topological polar surface area (TPSA) is 55.2 Å². The Balaban J connectivity index is 1.87. The summed E-state index contributed by atoms with van der Waals surface area (Å²) in [5.41, 5.74) is 0. The molecule has 0 N–H and O–H groups in total. The van der Waals surface area contributed by atoms with Gasteiger partial charge in [-0.15, -0.1) is 0 Å². The number of aryl methyl sites for hydroxylation is 2. The third-order valence-corrected chi connectivity index (χ3v) is 6.09. The average Bonchev–Trinajstić information content (AvgIpc) is 2.93. The summed E-state index contributed by atoms with van der Waals surface area (Å²) in [7, 11) is -1.56. The van der Waals surface area contributed by atoms with Gasteiger partial charge in [0.1, 0.15) is 5.82 Å².